The summed E-state index contributed by atoms with van der Waals surface area (Å²) < 4.78 is 6.06. The van der Waals surface area contributed by atoms with Gasteiger partial charge in [0.1, 0.15) is 5.75 Å². The van der Waals surface area contributed by atoms with Gasteiger partial charge < -0.3 is 10.1 Å². The van der Waals surface area contributed by atoms with Crippen LogP contribution in [0.1, 0.15) is 65.0 Å². The predicted octanol–water partition coefficient (Wildman–Crippen LogP) is 4.84. The van der Waals surface area contributed by atoms with Crippen molar-refractivity contribution < 1.29 is 4.74 Å². The number of aryl methyl sites for hydroxylation is 1. The first-order chi connectivity index (χ1) is 9.88. The molecule has 0 fully saturated rings. The van der Waals surface area contributed by atoms with Gasteiger partial charge in [0.15, 0.2) is 0 Å². The monoisotopic (exact) mass is 291 g/mol. The average molecular weight is 291 g/mol. The Balaban J connectivity index is 2.56. The summed E-state index contributed by atoms with van der Waals surface area (Å²) >= 11 is 0. The maximum absolute atomic E-state index is 6.06. The highest BCUT2D eigenvalue weighted by atomic mass is 16.5. The number of hydrogen-bond acceptors (Lipinski definition) is 2. The van der Waals surface area contributed by atoms with Crippen LogP contribution in [0.4, 0.5) is 0 Å². The summed E-state index contributed by atoms with van der Waals surface area (Å²) in [5.41, 5.74) is 2.73. The fourth-order valence-electron chi connectivity index (χ4n) is 2.61. The summed E-state index contributed by atoms with van der Waals surface area (Å²) in [6, 6.07) is 7.14. The van der Waals surface area contributed by atoms with Gasteiger partial charge in [0.2, 0.25) is 0 Å². The first-order valence-electron chi connectivity index (χ1n) is 8.35. The van der Waals surface area contributed by atoms with Crippen LogP contribution in [0.25, 0.3) is 0 Å². The van der Waals surface area contributed by atoms with Crippen LogP contribution in [0.3, 0.4) is 0 Å². The Kier molecular flexibility index (Phi) is 7.24. The summed E-state index contributed by atoms with van der Waals surface area (Å²) in [5.74, 6) is 1.05. The van der Waals surface area contributed by atoms with Gasteiger partial charge in [-0.2, -0.15) is 0 Å². The van der Waals surface area contributed by atoms with E-state index < -0.39 is 0 Å². The summed E-state index contributed by atoms with van der Waals surface area (Å²) in [6.45, 7) is 15.1. The second-order valence-electron chi connectivity index (χ2n) is 6.90. The summed E-state index contributed by atoms with van der Waals surface area (Å²) in [5, 5.41) is 3.52. The third-order valence-electron chi connectivity index (χ3n) is 3.88. The topological polar surface area (TPSA) is 21.3 Å². The Labute approximate surface area is 131 Å². The molecule has 1 atom stereocenters. The molecule has 0 heterocycles. The molecule has 0 saturated heterocycles. The van der Waals surface area contributed by atoms with Crippen molar-refractivity contribution in [3.05, 3.63) is 29.3 Å². The lowest BCUT2D eigenvalue weighted by atomic mass is 9.85. The molecule has 0 aliphatic carbocycles. The fraction of sp³-hybridized carbons (Fsp3) is 0.684. The SMILES string of the molecule is CCNC(CC)CCCOc1ccc(C)cc1C(C)(C)C. The Hall–Kier alpha value is -1.02. The fourth-order valence-corrected chi connectivity index (χ4v) is 2.61. The van der Waals surface area contributed by atoms with Crippen molar-refractivity contribution in [2.75, 3.05) is 13.2 Å². The average Bonchev–Trinajstić information content (AvgIpc) is 2.42. The zero-order valence-electron chi connectivity index (χ0n) is 14.8. The molecule has 0 amide bonds. The highest BCUT2D eigenvalue weighted by molar-refractivity contribution is 5.41. The molecule has 0 spiro atoms. The van der Waals surface area contributed by atoms with Gasteiger partial charge in [0.05, 0.1) is 6.61 Å². The Bertz CT molecular complexity index is 420. The van der Waals surface area contributed by atoms with Crippen LogP contribution in [-0.4, -0.2) is 19.2 Å². The standard InChI is InChI=1S/C19H33NO/c1-7-16(20-8-2)10-9-13-21-18-12-11-15(3)14-17(18)19(4,5)6/h11-12,14,16,20H,7-10,13H2,1-6H3. The van der Waals surface area contributed by atoms with Crippen molar-refractivity contribution in [1.82, 2.24) is 5.32 Å². The van der Waals surface area contributed by atoms with Gasteiger partial charge in [-0.05, 0) is 49.8 Å². The van der Waals surface area contributed by atoms with Crippen LogP contribution in [0, 0.1) is 6.92 Å². The second kappa shape index (κ2) is 8.43. The first-order valence-corrected chi connectivity index (χ1v) is 8.35. The minimum atomic E-state index is 0.122. The Morgan fingerprint density at radius 2 is 1.90 bits per heavy atom. The minimum Gasteiger partial charge on any atom is -0.493 e. The Morgan fingerprint density at radius 1 is 1.19 bits per heavy atom. The lowest BCUT2D eigenvalue weighted by Crippen LogP contribution is -2.28. The number of rotatable bonds is 8. The molecule has 0 bridgehead atoms. The molecule has 0 radical (unpaired) electrons. The minimum absolute atomic E-state index is 0.122. The van der Waals surface area contributed by atoms with Crippen molar-refractivity contribution >= 4 is 0 Å². The van der Waals surface area contributed by atoms with Crippen molar-refractivity contribution in [2.45, 2.75) is 72.3 Å². The van der Waals surface area contributed by atoms with Gasteiger partial charge in [-0.1, -0.05) is 52.3 Å². The summed E-state index contributed by atoms with van der Waals surface area (Å²) in [7, 11) is 0. The van der Waals surface area contributed by atoms with Gasteiger partial charge in [0.25, 0.3) is 0 Å². The van der Waals surface area contributed by atoms with Gasteiger partial charge in [-0.3, -0.25) is 0 Å². The quantitative estimate of drug-likeness (QED) is 0.692. The van der Waals surface area contributed by atoms with Crippen LogP contribution in [-0.2, 0) is 5.41 Å². The molecule has 1 aromatic rings. The predicted molar refractivity (Wildman–Crippen MR) is 92.4 cm³/mol. The van der Waals surface area contributed by atoms with E-state index in [-0.39, 0.29) is 5.41 Å². The zero-order chi connectivity index (χ0) is 15.9. The van der Waals surface area contributed by atoms with Crippen molar-refractivity contribution in [2.24, 2.45) is 0 Å². The molecule has 120 valence electrons. The van der Waals surface area contributed by atoms with E-state index >= 15 is 0 Å². The third-order valence-corrected chi connectivity index (χ3v) is 3.88. The molecule has 0 aliphatic heterocycles. The van der Waals surface area contributed by atoms with Gasteiger partial charge in [0, 0.05) is 6.04 Å². The summed E-state index contributed by atoms with van der Waals surface area (Å²) in [4.78, 5) is 0. The van der Waals surface area contributed by atoms with Crippen molar-refractivity contribution in [3.8, 4) is 5.75 Å². The molecule has 1 N–H and O–H groups in total. The first kappa shape index (κ1) is 18.0. The van der Waals surface area contributed by atoms with E-state index in [0.717, 1.165) is 25.3 Å². The normalized spacial score (nSPS) is 13.2. The number of nitrogens with one attached hydrogen (secondary N) is 1. The number of benzene rings is 1. The Morgan fingerprint density at radius 3 is 2.48 bits per heavy atom. The van der Waals surface area contributed by atoms with Gasteiger partial charge in [-0.25, -0.2) is 0 Å². The lowest BCUT2D eigenvalue weighted by Gasteiger charge is -2.23. The van der Waals surface area contributed by atoms with Crippen molar-refractivity contribution in [3.63, 3.8) is 0 Å². The highest BCUT2D eigenvalue weighted by Crippen LogP contribution is 2.32. The van der Waals surface area contributed by atoms with E-state index in [1.165, 1.54) is 24.0 Å². The van der Waals surface area contributed by atoms with E-state index in [1.54, 1.807) is 0 Å². The van der Waals surface area contributed by atoms with Crippen LogP contribution < -0.4 is 10.1 Å². The van der Waals surface area contributed by atoms with Crippen LogP contribution in [0.2, 0.25) is 0 Å². The van der Waals surface area contributed by atoms with E-state index in [9.17, 15) is 0 Å². The van der Waals surface area contributed by atoms with Gasteiger partial charge >= 0.3 is 0 Å². The molecule has 0 saturated carbocycles. The zero-order valence-corrected chi connectivity index (χ0v) is 14.8. The summed E-state index contributed by atoms with van der Waals surface area (Å²) in [6.07, 6.45) is 3.47. The molecule has 21 heavy (non-hydrogen) atoms. The smallest absolute Gasteiger partial charge is 0.123 e. The van der Waals surface area contributed by atoms with E-state index in [4.69, 9.17) is 4.74 Å². The molecule has 0 aliphatic rings. The third kappa shape index (κ3) is 6.09. The van der Waals surface area contributed by atoms with E-state index in [0.29, 0.717) is 6.04 Å². The van der Waals surface area contributed by atoms with Gasteiger partial charge in [-0.15, -0.1) is 0 Å². The largest absolute Gasteiger partial charge is 0.493 e. The molecular formula is C19H33NO. The molecule has 1 rings (SSSR count). The lowest BCUT2D eigenvalue weighted by molar-refractivity contribution is 0.288. The maximum Gasteiger partial charge on any atom is 0.123 e. The van der Waals surface area contributed by atoms with Crippen LogP contribution in [0.15, 0.2) is 18.2 Å². The number of ether oxygens (including phenoxy) is 1. The van der Waals surface area contributed by atoms with Crippen molar-refractivity contribution in [1.29, 1.82) is 0 Å². The highest BCUT2D eigenvalue weighted by Gasteiger charge is 2.19. The maximum atomic E-state index is 6.06. The van der Waals surface area contributed by atoms with Crippen LogP contribution >= 0.6 is 0 Å². The second-order valence-corrected chi connectivity index (χ2v) is 6.90. The van der Waals surface area contributed by atoms with E-state index in [2.05, 4.69) is 65.1 Å². The molecule has 1 aromatic carbocycles. The molecule has 2 nitrogen and oxygen atoms in total. The molecular weight excluding hydrogens is 258 g/mol. The van der Waals surface area contributed by atoms with E-state index in [1.807, 2.05) is 0 Å². The molecule has 1 unspecified atom stereocenters. The molecule has 2 heteroatoms. The van der Waals surface area contributed by atoms with Crippen LogP contribution in [0.5, 0.6) is 5.75 Å². The number of hydrogen-bond donors (Lipinski definition) is 1. The molecule has 0 aromatic heterocycles.